The number of amides is 2. The van der Waals surface area contributed by atoms with Crippen molar-refractivity contribution in [2.45, 2.75) is 57.9 Å². The summed E-state index contributed by atoms with van der Waals surface area (Å²) in [5.74, 6) is -0.389. The molecular weight excluding hydrogens is 322 g/mol. The van der Waals surface area contributed by atoms with Gasteiger partial charge in [0, 0.05) is 18.5 Å². The fourth-order valence-corrected chi connectivity index (χ4v) is 3.86. The van der Waals surface area contributed by atoms with Crippen LogP contribution in [0.4, 0.5) is 0 Å². The predicted octanol–water partition coefficient (Wildman–Crippen LogP) is 0.984. The van der Waals surface area contributed by atoms with Crippen LogP contribution in [-0.2, 0) is 14.4 Å². The monoisotopic (exact) mass is 353 g/mol. The molecule has 0 saturated carbocycles. The van der Waals surface area contributed by atoms with Gasteiger partial charge in [-0.05, 0) is 64.5 Å². The number of piperidine rings is 2. The molecule has 2 amide bonds. The van der Waals surface area contributed by atoms with E-state index in [1.165, 1.54) is 12.8 Å². The fraction of sp³-hybridized carbons (Fsp3) is 0.833. The minimum atomic E-state index is -0.945. The van der Waals surface area contributed by atoms with Gasteiger partial charge in [-0.3, -0.25) is 14.4 Å². The second-order valence-electron chi connectivity index (χ2n) is 7.44. The van der Waals surface area contributed by atoms with Crippen LogP contribution in [0.2, 0.25) is 0 Å². The molecule has 0 radical (unpaired) electrons. The molecule has 3 N–H and O–H groups in total. The van der Waals surface area contributed by atoms with Gasteiger partial charge in [-0.15, -0.1) is 0 Å². The molecule has 2 aliphatic rings. The molecule has 0 bridgehead atoms. The summed E-state index contributed by atoms with van der Waals surface area (Å²) in [6, 6.07) is -0.430. The van der Waals surface area contributed by atoms with Gasteiger partial charge < -0.3 is 20.6 Å². The smallest absolute Gasteiger partial charge is 0.305 e. The highest BCUT2D eigenvalue weighted by Gasteiger charge is 2.30. The van der Waals surface area contributed by atoms with Crippen molar-refractivity contribution in [3.63, 3.8) is 0 Å². The lowest BCUT2D eigenvalue weighted by Gasteiger charge is -2.33. The van der Waals surface area contributed by atoms with Gasteiger partial charge in [0.05, 0.1) is 13.0 Å². The summed E-state index contributed by atoms with van der Waals surface area (Å²) in [6.07, 6.45) is 6.12. The molecule has 2 aliphatic heterocycles. The normalized spacial score (nSPS) is 23.3. The molecule has 0 aromatic carbocycles. The van der Waals surface area contributed by atoms with E-state index in [1.807, 2.05) is 0 Å². The number of rotatable bonds is 8. The molecule has 2 atom stereocenters. The van der Waals surface area contributed by atoms with E-state index in [0.717, 1.165) is 38.8 Å². The highest BCUT2D eigenvalue weighted by Crippen LogP contribution is 2.27. The van der Waals surface area contributed by atoms with Crippen molar-refractivity contribution in [2.75, 3.05) is 26.2 Å². The molecular formula is C18H31N3O4. The van der Waals surface area contributed by atoms with Crippen LogP contribution >= 0.6 is 0 Å². The molecule has 25 heavy (non-hydrogen) atoms. The van der Waals surface area contributed by atoms with Gasteiger partial charge in [0.2, 0.25) is 11.8 Å². The first-order valence-electron chi connectivity index (χ1n) is 9.46. The Labute approximate surface area is 149 Å². The van der Waals surface area contributed by atoms with Gasteiger partial charge in [0.15, 0.2) is 0 Å². The van der Waals surface area contributed by atoms with Crippen molar-refractivity contribution in [3.8, 4) is 0 Å². The zero-order valence-corrected chi connectivity index (χ0v) is 15.1. The summed E-state index contributed by atoms with van der Waals surface area (Å²) in [4.78, 5) is 37.0. The highest BCUT2D eigenvalue weighted by atomic mass is 16.4. The van der Waals surface area contributed by atoms with E-state index in [2.05, 4.69) is 10.6 Å². The molecule has 0 aromatic heterocycles. The van der Waals surface area contributed by atoms with Crippen LogP contribution in [0.25, 0.3) is 0 Å². The highest BCUT2D eigenvalue weighted by molar-refractivity contribution is 5.86. The third-order valence-corrected chi connectivity index (χ3v) is 5.25. The Morgan fingerprint density at radius 2 is 2.00 bits per heavy atom. The van der Waals surface area contributed by atoms with Crippen LogP contribution in [0.1, 0.15) is 51.9 Å². The number of nitrogens with zero attached hydrogens (tertiary/aromatic N) is 1. The van der Waals surface area contributed by atoms with Crippen molar-refractivity contribution in [1.82, 2.24) is 15.5 Å². The molecule has 7 heteroatoms. The second kappa shape index (κ2) is 9.75. The van der Waals surface area contributed by atoms with Gasteiger partial charge in [0.1, 0.15) is 0 Å². The number of aliphatic carboxylic acids is 1. The first-order valence-corrected chi connectivity index (χ1v) is 9.46. The van der Waals surface area contributed by atoms with Gasteiger partial charge in [0.25, 0.3) is 0 Å². The number of carboxylic acids is 1. The van der Waals surface area contributed by atoms with E-state index in [9.17, 15) is 14.4 Å². The maximum absolute atomic E-state index is 12.6. The van der Waals surface area contributed by atoms with Crippen LogP contribution in [0, 0.1) is 11.8 Å². The van der Waals surface area contributed by atoms with Crippen LogP contribution in [0.3, 0.4) is 0 Å². The number of nitrogens with one attached hydrogen (secondary N) is 2. The Hall–Kier alpha value is -1.63. The zero-order chi connectivity index (χ0) is 18.2. The number of carbonyl (C=O) groups excluding carboxylic acids is 2. The van der Waals surface area contributed by atoms with Gasteiger partial charge in [-0.1, -0.05) is 0 Å². The van der Waals surface area contributed by atoms with Crippen LogP contribution < -0.4 is 10.6 Å². The molecule has 2 heterocycles. The number of carbonyl (C=O) groups is 3. The van der Waals surface area contributed by atoms with E-state index < -0.39 is 12.0 Å². The standard InChI is InChI=1S/C18H31N3O4/c1-13(11-17(23)24)20-16(22)12-21-10-2-3-15(18(21)25)5-4-14-6-8-19-9-7-14/h13-15,19H,2-12H2,1H3,(H,20,22)(H,23,24)/t13?,15-/m1/s1. The Morgan fingerprint density at radius 3 is 2.68 bits per heavy atom. The number of likely N-dealkylation sites (tertiary alicyclic amines) is 1. The Kier molecular flexibility index (Phi) is 7.68. The summed E-state index contributed by atoms with van der Waals surface area (Å²) in [7, 11) is 0. The van der Waals surface area contributed by atoms with Crippen LogP contribution in [-0.4, -0.2) is 60.0 Å². The maximum atomic E-state index is 12.6. The molecule has 7 nitrogen and oxygen atoms in total. The zero-order valence-electron chi connectivity index (χ0n) is 15.1. The molecule has 0 aliphatic carbocycles. The van der Waals surface area contributed by atoms with Crippen molar-refractivity contribution in [1.29, 1.82) is 0 Å². The summed E-state index contributed by atoms with van der Waals surface area (Å²) >= 11 is 0. The molecule has 2 fully saturated rings. The minimum absolute atomic E-state index is 0.0344. The lowest BCUT2D eigenvalue weighted by molar-refractivity contribution is -0.143. The van der Waals surface area contributed by atoms with E-state index in [1.54, 1.807) is 11.8 Å². The first-order chi connectivity index (χ1) is 12.0. The maximum Gasteiger partial charge on any atom is 0.305 e. The molecule has 0 spiro atoms. The quantitative estimate of drug-likeness (QED) is 0.604. The van der Waals surface area contributed by atoms with E-state index in [4.69, 9.17) is 5.11 Å². The summed E-state index contributed by atoms with van der Waals surface area (Å²) in [6.45, 7) is 4.45. The average Bonchev–Trinajstić information content (AvgIpc) is 2.55. The van der Waals surface area contributed by atoms with Gasteiger partial charge in [-0.2, -0.15) is 0 Å². The van der Waals surface area contributed by atoms with Gasteiger partial charge >= 0.3 is 5.97 Å². The summed E-state index contributed by atoms with van der Waals surface area (Å²) < 4.78 is 0. The fourth-order valence-electron chi connectivity index (χ4n) is 3.86. The Balaban J connectivity index is 1.76. The third kappa shape index (κ3) is 6.65. The largest absolute Gasteiger partial charge is 0.481 e. The molecule has 2 rings (SSSR count). The number of hydrogen-bond donors (Lipinski definition) is 3. The average molecular weight is 353 g/mol. The molecule has 1 unspecified atom stereocenters. The Morgan fingerprint density at radius 1 is 1.28 bits per heavy atom. The molecule has 2 saturated heterocycles. The number of hydrogen-bond acceptors (Lipinski definition) is 4. The van der Waals surface area contributed by atoms with Crippen LogP contribution in [0.5, 0.6) is 0 Å². The summed E-state index contributed by atoms with van der Waals surface area (Å²) in [5, 5.41) is 14.8. The third-order valence-electron chi connectivity index (χ3n) is 5.25. The number of carboxylic acid groups (broad SMARTS) is 1. The van der Waals surface area contributed by atoms with Crippen molar-refractivity contribution >= 4 is 17.8 Å². The van der Waals surface area contributed by atoms with Crippen molar-refractivity contribution in [3.05, 3.63) is 0 Å². The second-order valence-corrected chi connectivity index (χ2v) is 7.44. The summed E-state index contributed by atoms with van der Waals surface area (Å²) in [5.41, 5.74) is 0. The Bertz CT molecular complexity index is 477. The lowest BCUT2D eigenvalue weighted by Crippen LogP contribution is -2.48. The SMILES string of the molecule is CC(CC(=O)O)NC(=O)CN1CCC[C@H](CCC2CCNCC2)C1=O. The van der Waals surface area contributed by atoms with Crippen molar-refractivity contribution in [2.24, 2.45) is 11.8 Å². The van der Waals surface area contributed by atoms with Crippen LogP contribution in [0.15, 0.2) is 0 Å². The van der Waals surface area contributed by atoms with Crippen molar-refractivity contribution < 1.29 is 19.5 Å². The topological polar surface area (TPSA) is 98.7 Å². The lowest BCUT2D eigenvalue weighted by atomic mass is 9.86. The van der Waals surface area contributed by atoms with E-state index in [-0.39, 0.29) is 30.7 Å². The predicted molar refractivity (Wildman–Crippen MR) is 94.0 cm³/mol. The molecule has 142 valence electrons. The van der Waals surface area contributed by atoms with E-state index >= 15 is 0 Å². The minimum Gasteiger partial charge on any atom is -0.481 e. The van der Waals surface area contributed by atoms with Gasteiger partial charge in [-0.25, -0.2) is 0 Å². The first kappa shape index (κ1) is 19.7. The van der Waals surface area contributed by atoms with E-state index in [0.29, 0.717) is 12.5 Å². The molecule has 0 aromatic rings.